The molecule has 1 aromatic carbocycles. The van der Waals surface area contributed by atoms with E-state index in [2.05, 4.69) is 22.0 Å². The Morgan fingerprint density at radius 2 is 2.06 bits per heavy atom. The maximum absolute atomic E-state index is 9.71. The van der Waals surface area contributed by atoms with E-state index in [-0.39, 0.29) is 0 Å². The summed E-state index contributed by atoms with van der Waals surface area (Å²) in [6, 6.07) is 9.83. The van der Waals surface area contributed by atoms with Crippen LogP contribution in [0.4, 0.5) is 0 Å². The van der Waals surface area contributed by atoms with Crippen molar-refractivity contribution in [1.29, 1.82) is 0 Å². The van der Waals surface area contributed by atoms with Crippen LogP contribution in [-0.4, -0.2) is 5.11 Å². The molecular weight excluding hydrogens is 280 g/mol. The predicted octanol–water partition coefficient (Wildman–Crippen LogP) is 4.46. The molecule has 1 heterocycles. The van der Waals surface area contributed by atoms with Gasteiger partial charge in [0.15, 0.2) is 0 Å². The van der Waals surface area contributed by atoms with Crippen LogP contribution in [0.2, 0.25) is 0 Å². The Labute approximate surface area is 109 Å². The highest BCUT2D eigenvalue weighted by Crippen LogP contribution is 2.32. The SMILES string of the molecule is CCC(O)c1ccc(-c2cc(C)ccc2Br)o1. The minimum atomic E-state index is -0.521. The molecule has 1 N–H and O–H groups in total. The van der Waals surface area contributed by atoms with Crippen LogP contribution in [0.15, 0.2) is 39.2 Å². The summed E-state index contributed by atoms with van der Waals surface area (Å²) >= 11 is 3.51. The fraction of sp³-hybridized carbons (Fsp3) is 0.286. The minimum Gasteiger partial charge on any atom is -0.458 e. The van der Waals surface area contributed by atoms with Gasteiger partial charge >= 0.3 is 0 Å². The molecule has 1 unspecified atom stereocenters. The summed E-state index contributed by atoms with van der Waals surface area (Å²) in [5, 5.41) is 9.71. The van der Waals surface area contributed by atoms with Gasteiger partial charge in [-0.15, -0.1) is 0 Å². The molecule has 0 aliphatic carbocycles. The van der Waals surface area contributed by atoms with Crippen LogP contribution in [0, 0.1) is 6.92 Å². The number of halogens is 1. The third-order valence-corrected chi connectivity index (χ3v) is 3.42. The molecule has 0 amide bonds. The average molecular weight is 295 g/mol. The van der Waals surface area contributed by atoms with E-state index >= 15 is 0 Å². The second kappa shape index (κ2) is 5.07. The van der Waals surface area contributed by atoms with Gasteiger partial charge in [-0.1, -0.05) is 34.5 Å². The third-order valence-electron chi connectivity index (χ3n) is 2.73. The first-order chi connectivity index (χ1) is 8.11. The van der Waals surface area contributed by atoms with Crippen LogP contribution in [-0.2, 0) is 0 Å². The van der Waals surface area contributed by atoms with Crippen LogP contribution in [0.3, 0.4) is 0 Å². The van der Waals surface area contributed by atoms with Crippen molar-refractivity contribution in [1.82, 2.24) is 0 Å². The van der Waals surface area contributed by atoms with Crippen molar-refractivity contribution in [2.75, 3.05) is 0 Å². The Balaban J connectivity index is 2.40. The van der Waals surface area contributed by atoms with Gasteiger partial charge in [0.25, 0.3) is 0 Å². The van der Waals surface area contributed by atoms with E-state index in [1.54, 1.807) is 0 Å². The minimum absolute atomic E-state index is 0.521. The molecule has 0 saturated carbocycles. The number of hydrogen-bond donors (Lipinski definition) is 1. The molecule has 2 aromatic rings. The number of rotatable bonds is 3. The summed E-state index contributed by atoms with van der Waals surface area (Å²) in [5.41, 5.74) is 2.19. The Kier molecular flexibility index (Phi) is 3.69. The van der Waals surface area contributed by atoms with E-state index in [9.17, 15) is 5.11 Å². The van der Waals surface area contributed by atoms with E-state index in [0.717, 1.165) is 15.8 Å². The van der Waals surface area contributed by atoms with E-state index in [4.69, 9.17) is 4.42 Å². The lowest BCUT2D eigenvalue weighted by molar-refractivity contribution is 0.147. The summed E-state index contributed by atoms with van der Waals surface area (Å²) in [6.07, 6.45) is 0.134. The van der Waals surface area contributed by atoms with Gasteiger partial charge in [0.2, 0.25) is 0 Å². The second-order valence-corrected chi connectivity index (χ2v) is 4.96. The summed E-state index contributed by atoms with van der Waals surface area (Å²) in [4.78, 5) is 0. The number of hydrogen-bond acceptors (Lipinski definition) is 2. The molecule has 17 heavy (non-hydrogen) atoms. The maximum atomic E-state index is 9.71. The Morgan fingerprint density at radius 1 is 1.29 bits per heavy atom. The molecule has 1 aromatic heterocycles. The zero-order valence-corrected chi connectivity index (χ0v) is 11.5. The first-order valence-electron chi connectivity index (χ1n) is 5.66. The lowest BCUT2D eigenvalue weighted by Gasteiger charge is -2.05. The highest BCUT2D eigenvalue weighted by molar-refractivity contribution is 9.10. The van der Waals surface area contributed by atoms with Gasteiger partial charge in [-0.2, -0.15) is 0 Å². The van der Waals surface area contributed by atoms with Crippen LogP contribution >= 0.6 is 15.9 Å². The van der Waals surface area contributed by atoms with Crippen LogP contribution in [0.25, 0.3) is 11.3 Å². The summed E-state index contributed by atoms with van der Waals surface area (Å²) in [7, 11) is 0. The van der Waals surface area contributed by atoms with Gasteiger partial charge in [-0.05, 0) is 37.6 Å². The highest BCUT2D eigenvalue weighted by atomic mass is 79.9. The van der Waals surface area contributed by atoms with Gasteiger partial charge < -0.3 is 9.52 Å². The predicted molar refractivity (Wildman–Crippen MR) is 71.8 cm³/mol. The van der Waals surface area contributed by atoms with Gasteiger partial charge in [-0.3, -0.25) is 0 Å². The molecule has 0 fully saturated rings. The van der Waals surface area contributed by atoms with Gasteiger partial charge in [0.05, 0.1) is 0 Å². The van der Waals surface area contributed by atoms with Crippen molar-refractivity contribution in [2.45, 2.75) is 26.4 Å². The lowest BCUT2D eigenvalue weighted by Crippen LogP contribution is -1.91. The van der Waals surface area contributed by atoms with Crippen molar-refractivity contribution in [3.8, 4) is 11.3 Å². The zero-order chi connectivity index (χ0) is 12.4. The largest absolute Gasteiger partial charge is 0.458 e. The standard InChI is InChI=1S/C14H15BrO2/c1-3-12(16)14-7-6-13(17-14)10-8-9(2)4-5-11(10)15/h4-8,12,16H,3H2,1-2H3. The average Bonchev–Trinajstić information content (AvgIpc) is 2.80. The number of aliphatic hydroxyl groups excluding tert-OH is 1. The quantitative estimate of drug-likeness (QED) is 0.906. The fourth-order valence-corrected chi connectivity index (χ4v) is 2.15. The lowest BCUT2D eigenvalue weighted by atomic mass is 10.1. The Hall–Kier alpha value is -1.06. The van der Waals surface area contributed by atoms with Crippen molar-refractivity contribution in [2.24, 2.45) is 0 Å². The molecular formula is C14H15BrO2. The van der Waals surface area contributed by atoms with E-state index in [1.807, 2.05) is 38.1 Å². The van der Waals surface area contributed by atoms with E-state index < -0.39 is 6.10 Å². The summed E-state index contributed by atoms with van der Waals surface area (Å²) < 4.78 is 6.67. The molecule has 0 aliphatic heterocycles. The van der Waals surface area contributed by atoms with Crippen LogP contribution in [0.1, 0.15) is 30.8 Å². The normalized spacial score (nSPS) is 12.7. The molecule has 2 nitrogen and oxygen atoms in total. The molecule has 0 radical (unpaired) electrons. The molecule has 0 spiro atoms. The number of aryl methyl sites for hydroxylation is 1. The monoisotopic (exact) mass is 294 g/mol. The smallest absolute Gasteiger partial charge is 0.135 e. The van der Waals surface area contributed by atoms with E-state index in [0.29, 0.717) is 12.2 Å². The molecule has 0 aliphatic rings. The van der Waals surface area contributed by atoms with Gasteiger partial charge in [0.1, 0.15) is 17.6 Å². The molecule has 2 rings (SSSR count). The number of benzene rings is 1. The Morgan fingerprint density at radius 3 is 2.76 bits per heavy atom. The van der Waals surface area contributed by atoms with Gasteiger partial charge in [-0.25, -0.2) is 0 Å². The highest BCUT2D eigenvalue weighted by Gasteiger charge is 2.13. The summed E-state index contributed by atoms with van der Waals surface area (Å²) in [5.74, 6) is 1.40. The Bertz CT molecular complexity index is 517. The van der Waals surface area contributed by atoms with Crippen molar-refractivity contribution in [3.63, 3.8) is 0 Å². The number of aliphatic hydroxyl groups is 1. The summed E-state index contributed by atoms with van der Waals surface area (Å²) in [6.45, 7) is 3.97. The molecule has 1 atom stereocenters. The third kappa shape index (κ3) is 2.61. The molecule has 3 heteroatoms. The van der Waals surface area contributed by atoms with E-state index in [1.165, 1.54) is 5.56 Å². The first kappa shape index (κ1) is 12.4. The first-order valence-corrected chi connectivity index (χ1v) is 6.45. The number of furan rings is 1. The molecule has 0 saturated heterocycles. The van der Waals surface area contributed by atoms with Crippen molar-refractivity contribution >= 4 is 15.9 Å². The molecule has 0 bridgehead atoms. The molecule has 90 valence electrons. The second-order valence-electron chi connectivity index (χ2n) is 4.11. The van der Waals surface area contributed by atoms with Crippen LogP contribution in [0.5, 0.6) is 0 Å². The maximum Gasteiger partial charge on any atom is 0.135 e. The topological polar surface area (TPSA) is 33.4 Å². The van der Waals surface area contributed by atoms with Gasteiger partial charge in [0, 0.05) is 10.0 Å². The zero-order valence-electron chi connectivity index (χ0n) is 9.90. The fourth-order valence-electron chi connectivity index (χ4n) is 1.71. The van der Waals surface area contributed by atoms with Crippen LogP contribution < -0.4 is 0 Å². The van der Waals surface area contributed by atoms with Crippen molar-refractivity contribution in [3.05, 3.63) is 46.1 Å². The van der Waals surface area contributed by atoms with Crippen molar-refractivity contribution < 1.29 is 9.52 Å².